The van der Waals surface area contributed by atoms with Crippen LogP contribution in [0.1, 0.15) is 16.1 Å². The summed E-state index contributed by atoms with van der Waals surface area (Å²) in [7, 11) is -3.68. The van der Waals surface area contributed by atoms with Gasteiger partial charge in [0.2, 0.25) is 10.0 Å². The van der Waals surface area contributed by atoms with Gasteiger partial charge in [-0.2, -0.15) is 5.10 Å². The Hall–Kier alpha value is -3.30. The maximum absolute atomic E-state index is 12.4. The first-order valence-electron chi connectivity index (χ1n) is 7.95. The molecule has 138 valence electrons. The fourth-order valence-electron chi connectivity index (χ4n) is 2.24. The first-order chi connectivity index (χ1) is 12.9. The molecule has 0 aliphatic rings. The summed E-state index contributed by atoms with van der Waals surface area (Å²) in [5.74, 6) is -0.524. The van der Waals surface area contributed by atoms with Crippen molar-refractivity contribution < 1.29 is 13.2 Å². The van der Waals surface area contributed by atoms with Crippen molar-refractivity contribution in [1.29, 1.82) is 0 Å². The van der Waals surface area contributed by atoms with E-state index >= 15 is 0 Å². The Morgan fingerprint density at radius 3 is 2.30 bits per heavy atom. The van der Waals surface area contributed by atoms with E-state index in [1.165, 1.54) is 36.4 Å². The predicted octanol–water partition coefficient (Wildman–Crippen LogP) is 1.50. The molecular weight excluding hydrogens is 368 g/mol. The largest absolute Gasteiger partial charge is 0.321 e. The lowest BCUT2D eigenvalue weighted by Crippen LogP contribution is -2.23. The number of aromatic nitrogens is 2. The average Bonchev–Trinajstić information content (AvgIpc) is 2.68. The standard InChI is InChI=1S/C18H16N4O4S/c23-17-11-10-16(21-22-17)18(24)20-14-6-8-15(9-7-14)27(25,26)19-12-13-4-2-1-3-5-13/h1-11,19H,12H2,(H,20,24)(H,22,23). The second-order valence-corrected chi connectivity index (χ2v) is 7.36. The van der Waals surface area contributed by atoms with E-state index in [1.807, 2.05) is 30.3 Å². The van der Waals surface area contributed by atoms with Gasteiger partial charge < -0.3 is 5.32 Å². The second kappa shape index (κ2) is 7.94. The molecule has 8 nitrogen and oxygen atoms in total. The summed E-state index contributed by atoms with van der Waals surface area (Å²) in [6.07, 6.45) is 0. The number of anilines is 1. The zero-order chi connectivity index (χ0) is 19.3. The third-order valence-corrected chi connectivity index (χ3v) is 5.06. The zero-order valence-electron chi connectivity index (χ0n) is 14.0. The number of nitrogens with zero attached hydrogens (tertiary/aromatic N) is 1. The van der Waals surface area contributed by atoms with Crippen molar-refractivity contribution in [3.63, 3.8) is 0 Å². The molecule has 0 aliphatic carbocycles. The number of aromatic amines is 1. The number of sulfonamides is 1. The number of carbonyl (C=O) groups is 1. The average molecular weight is 384 g/mol. The molecule has 0 aliphatic heterocycles. The lowest BCUT2D eigenvalue weighted by molar-refractivity contribution is 0.102. The van der Waals surface area contributed by atoms with Gasteiger partial charge in [0.15, 0.2) is 0 Å². The molecule has 0 unspecified atom stereocenters. The molecule has 1 heterocycles. The van der Waals surface area contributed by atoms with Crippen LogP contribution in [-0.4, -0.2) is 24.5 Å². The summed E-state index contributed by atoms with van der Waals surface area (Å²) in [6.45, 7) is 0.180. The van der Waals surface area contributed by atoms with Crippen molar-refractivity contribution in [2.24, 2.45) is 0 Å². The van der Waals surface area contributed by atoms with Gasteiger partial charge in [-0.05, 0) is 35.9 Å². The fourth-order valence-corrected chi connectivity index (χ4v) is 3.26. The smallest absolute Gasteiger partial charge is 0.276 e. The van der Waals surface area contributed by atoms with E-state index in [-0.39, 0.29) is 17.1 Å². The Kier molecular flexibility index (Phi) is 5.43. The topological polar surface area (TPSA) is 121 Å². The summed E-state index contributed by atoms with van der Waals surface area (Å²) in [5.41, 5.74) is 0.869. The quantitative estimate of drug-likeness (QED) is 0.595. The van der Waals surface area contributed by atoms with Gasteiger partial charge in [0.05, 0.1) is 4.90 Å². The van der Waals surface area contributed by atoms with Gasteiger partial charge in [0.1, 0.15) is 5.69 Å². The van der Waals surface area contributed by atoms with E-state index in [9.17, 15) is 18.0 Å². The molecule has 3 rings (SSSR count). The van der Waals surface area contributed by atoms with Gasteiger partial charge in [-0.3, -0.25) is 9.59 Å². The fraction of sp³-hybridized carbons (Fsp3) is 0.0556. The molecule has 2 aromatic carbocycles. The predicted molar refractivity (Wildman–Crippen MR) is 99.7 cm³/mol. The number of hydrogen-bond acceptors (Lipinski definition) is 5. The molecule has 0 atom stereocenters. The third-order valence-electron chi connectivity index (χ3n) is 3.64. The van der Waals surface area contributed by atoms with Crippen LogP contribution in [0.3, 0.4) is 0 Å². The molecule has 1 aromatic heterocycles. The van der Waals surface area contributed by atoms with Crippen molar-refractivity contribution in [2.75, 3.05) is 5.32 Å². The summed E-state index contributed by atoms with van der Waals surface area (Å²) in [5, 5.41) is 8.37. The first kappa shape index (κ1) is 18.5. The van der Waals surface area contributed by atoms with Crippen molar-refractivity contribution in [1.82, 2.24) is 14.9 Å². The Morgan fingerprint density at radius 2 is 1.67 bits per heavy atom. The normalized spacial score (nSPS) is 11.1. The van der Waals surface area contributed by atoms with Crippen LogP contribution < -0.4 is 15.6 Å². The molecule has 0 radical (unpaired) electrons. The number of benzene rings is 2. The molecule has 1 amide bonds. The van der Waals surface area contributed by atoms with Crippen molar-refractivity contribution in [3.8, 4) is 0 Å². The van der Waals surface area contributed by atoms with E-state index in [2.05, 4.69) is 20.2 Å². The molecule has 0 fully saturated rings. The van der Waals surface area contributed by atoms with Crippen LogP contribution in [0.25, 0.3) is 0 Å². The number of amides is 1. The number of hydrogen-bond donors (Lipinski definition) is 3. The van der Waals surface area contributed by atoms with E-state index in [4.69, 9.17) is 0 Å². The lowest BCUT2D eigenvalue weighted by Gasteiger charge is -2.08. The molecule has 0 saturated heterocycles. The van der Waals surface area contributed by atoms with Gasteiger partial charge in [0.25, 0.3) is 11.5 Å². The monoisotopic (exact) mass is 384 g/mol. The maximum Gasteiger partial charge on any atom is 0.276 e. The molecule has 0 saturated carbocycles. The van der Waals surface area contributed by atoms with Gasteiger partial charge in [-0.1, -0.05) is 30.3 Å². The van der Waals surface area contributed by atoms with Crippen molar-refractivity contribution in [2.45, 2.75) is 11.4 Å². The van der Waals surface area contributed by atoms with Crippen LogP contribution in [0.2, 0.25) is 0 Å². The Morgan fingerprint density at radius 1 is 0.963 bits per heavy atom. The number of carbonyl (C=O) groups excluding carboxylic acids is 1. The summed E-state index contributed by atoms with van der Waals surface area (Å²) in [4.78, 5) is 23.1. The SMILES string of the molecule is O=C(Nc1ccc(S(=O)(=O)NCc2ccccc2)cc1)c1ccc(=O)[nH]n1. The molecule has 0 spiro atoms. The summed E-state index contributed by atoms with van der Waals surface area (Å²) in [6, 6.07) is 17.4. The van der Waals surface area contributed by atoms with E-state index in [0.717, 1.165) is 5.56 Å². The summed E-state index contributed by atoms with van der Waals surface area (Å²) >= 11 is 0. The zero-order valence-corrected chi connectivity index (χ0v) is 14.9. The molecule has 0 bridgehead atoms. The van der Waals surface area contributed by atoms with Crippen LogP contribution in [-0.2, 0) is 16.6 Å². The number of H-pyrrole nitrogens is 1. The van der Waals surface area contributed by atoms with Crippen LogP contribution in [0, 0.1) is 0 Å². The third kappa shape index (κ3) is 4.87. The van der Waals surface area contributed by atoms with E-state index < -0.39 is 21.5 Å². The van der Waals surface area contributed by atoms with Gasteiger partial charge in [-0.25, -0.2) is 18.2 Å². The summed E-state index contributed by atoms with van der Waals surface area (Å²) < 4.78 is 27.2. The van der Waals surface area contributed by atoms with Crippen molar-refractivity contribution >= 4 is 21.6 Å². The second-order valence-electron chi connectivity index (χ2n) is 5.60. The van der Waals surface area contributed by atoms with Crippen LogP contribution >= 0.6 is 0 Å². The van der Waals surface area contributed by atoms with Crippen LogP contribution in [0.5, 0.6) is 0 Å². The van der Waals surface area contributed by atoms with E-state index in [1.54, 1.807) is 0 Å². The number of rotatable bonds is 6. The Balaban J connectivity index is 1.66. The minimum Gasteiger partial charge on any atom is -0.321 e. The van der Waals surface area contributed by atoms with Crippen LogP contribution in [0.15, 0.2) is 76.4 Å². The Labute approximate surface area is 155 Å². The van der Waals surface area contributed by atoms with Gasteiger partial charge >= 0.3 is 0 Å². The van der Waals surface area contributed by atoms with Crippen molar-refractivity contribution in [3.05, 3.63) is 88.3 Å². The lowest BCUT2D eigenvalue weighted by atomic mass is 10.2. The maximum atomic E-state index is 12.4. The Bertz CT molecular complexity index is 1070. The highest BCUT2D eigenvalue weighted by molar-refractivity contribution is 7.89. The highest BCUT2D eigenvalue weighted by Crippen LogP contribution is 2.15. The molecule has 3 N–H and O–H groups in total. The highest BCUT2D eigenvalue weighted by Gasteiger charge is 2.14. The minimum atomic E-state index is -3.68. The molecule has 9 heteroatoms. The van der Waals surface area contributed by atoms with Gasteiger partial charge in [0, 0.05) is 18.3 Å². The number of nitrogens with one attached hydrogen (secondary N) is 3. The molecule has 3 aromatic rings. The van der Waals surface area contributed by atoms with E-state index in [0.29, 0.717) is 5.69 Å². The first-order valence-corrected chi connectivity index (χ1v) is 9.43. The van der Waals surface area contributed by atoms with Crippen LogP contribution in [0.4, 0.5) is 5.69 Å². The molecule has 27 heavy (non-hydrogen) atoms. The highest BCUT2D eigenvalue weighted by atomic mass is 32.2. The minimum absolute atomic E-state index is 0.0378. The molecular formula is C18H16N4O4S. The van der Waals surface area contributed by atoms with Gasteiger partial charge in [-0.15, -0.1) is 0 Å².